The number of carbonyl (C=O) groups is 3. The van der Waals surface area contributed by atoms with E-state index in [0.717, 1.165) is 0 Å². The largest absolute Gasteiger partial charge is 0.288 e. The van der Waals surface area contributed by atoms with Crippen LogP contribution < -0.4 is 0 Å². The number of rotatable bonds is 5. The Hall–Kier alpha value is 0.0600. The van der Waals surface area contributed by atoms with Crippen molar-refractivity contribution in [2.24, 2.45) is 0 Å². The van der Waals surface area contributed by atoms with Crippen LogP contribution in [0.5, 0.6) is 0 Å². The first kappa shape index (κ1) is 15.1. The minimum atomic E-state index is 0.0216. The first-order valence-electron chi connectivity index (χ1n) is 4.35. The molecular weight excluding hydrogens is 252 g/mol. The van der Waals surface area contributed by atoms with E-state index >= 15 is 0 Å². The highest BCUT2D eigenvalue weighted by Crippen LogP contribution is 2.22. The average Bonchev–Trinajstić information content (AvgIpc) is 2.08. The van der Waals surface area contributed by atoms with Gasteiger partial charge in [0.25, 0.3) is 0 Å². The molecule has 0 spiro atoms. The van der Waals surface area contributed by atoms with Gasteiger partial charge in [-0.3, -0.25) is 14.4 Å². The van der Waals surface area contributed by atoms with E-state index in [-0.39, 0.29) is 20.6 Å². The Labute approximate surface area is 103 Å². The fourth-order valence-corrected chi connectivity index (χ4v) is 3.42. The highest BCUT2D eigenvalue weighted by Gasteiger charge is 2.14. The summed E-state index contributed by atoms with van der Waals surface area (Å²) in [5.74, 6) is 1.17. The van der Waals surface area contributed by atoms with Gasteiger partial charge in [0, 0.05) is 37.5 Å². The Morgan fingerprint density at radius 3 is 1.53 bits per heavy atom. The minimum absolute atomic E-state index is 0.0216. The standard InChI is InChI=1S/C9H14O3S3/c1-6(10)13-4-9(15-8(3)12)5-14-7(2)11/h9H,4-5H2,1-3H3. The summed E-state index contributed by atoms with van der Waals surface area (Å²) in [6.45, 7) is 4.49. The molecule has 0 amide bonds. The van der Waals surface area contributed by atoms with Gasteiger partial charge in [0.15, 0.2) is 15.3 Å². The van der Waals surface area contributed by atoms with Crippen molar-refractivity contribution in [2.75, 3.05) is 11.5 Å². The quantitative estimate of drug-likeness (QED) is 0.760. The predicted octanol–water partition coefficient (Wildman–Crippen LogP) is 2.19. The Bertz CT molecular complexity index is 235. The summed E-state index contributed by atoms with van der Waals surface area (Å²) in [5, 5.41) is 0.132. The van der Waals surface area contributed by atoms with Crippen LogP contribution in [0.2, 0.25) is 0 Å². The van der Waals surface area contributed by atoms with Crippen molar-refractivity contribution in [3.63, 3.8) is 0 Å². The maximum absolute atomic E-state index is 10.9. The molecule has 3 nitrogen and oxygen atoms in total. The molecule has 0 atom stereocenters. The number of hydrogen-bond acceptors (Lipinski definition) is 6. The second kappa shape index (κ2) is 8.24. The Morgan fingerprint density at radius 2 is 1.27 bits per heavy atom. The third-order valence-electron chi connectivity index (χ3n) is 1.28. The van der Waals surface area contributed by atoms with Crippen LogP contribution in [-0.4, -0.2) is 32.1 Å². The van der Waals surface area contributed by atoms with E-state index in [2.05, 4.69) is 0 Å². The molecule has 15 heavy (non-hydrogen) atoms. The molecule has 0 aliphatic rings. The van der Waals surface area contributed by atoms with Gasteiger partial charge < -0.3 is 0 Å². The van der Waals surface area contributed by atoms with Crippen LogP contribution in [0, 0.1) is 0 Å². The Kier molecular flexibility index (Phi) is 8.27. The second-order valence-electron chi connectivity index (χ2n) is 2.84. The van der Waals surface area contributed by atoms with Crippen LogP contribution in [0.4, 0.5) is 0 Å². The first-order valence-corrected chi connectivity index (χ1v) is 7.21. The van der Waals surface area contributed by atoms with Gasteiger partial charge in [-0.05, 0) is 0 Å². The zero-order chi connectivity index (χ0) is 11.8. The van der Waals surface area contributed by atoms with E-state index in [9.17, 15) is 14.4 Å². The molecule has 0 fully saturated rings. The molecule has 0 bridgehead atoms. The summed E-state index contributed by atoms with van der Waals surface area (Å²) in [6.07, 6.45) is 0. The van der Waals surface area contributed by atoms with Crippen molar-refractivity contribution in [3.05, 3.63) is 0 Å². The smallest absolute Gasteiger partial charge is 0.186 e. The van der Waals surface area contributed by atoms with Gasteiger partial charge in [0.2, 0.25) is 0 Å². The van der Waals surface area contributed by atoms with Crippen molar-refractivity contribution >= 4 is 50.6 Å². The summed E-state index contributed by atoms with van der Waals surface area (Å²) in [7, 11) is 0. The average molecular weight is 266 g/mol. The van der Waals surface area contributed by atoms with Crippen LogP contribution >= 0.6 is 35.3 Å². The van der Waals surface area contributed by atoms with E-state index in [0.29, 0.717) is 11.5 Å². The molecule has 86 valence electrons. The van der Waals surface area contributed by atoms with Crippen molar-refractivity contribution in [3.8, 4) is 0 Å². The predicted molar refractivity (Wildman–Crippen MR) is 68.3 cm³/mol. The highest BCUT2D eigenvalue weighted by atomic mass is 32.2. The number of carbonyl (C=O) groups excluding carboxylic acids is 3. The molecule has 0 aliphatic carbocycles. The summed E-state index contributed by atoms with van der Waals surface area (Å²) >= 11 is 3.59. The maximum Gasteiger partial charge on any atom is 0.186 e. The Morgan fingerprint density at radius 1 is 0.867 bits per heavy atom. The molecule has 6 heteroatoms. The molecule has 0 aromatic carbocycles. The number of thioether (sulfide) groups is 3. The molecular formula is C9H14O3S3. The molecule has 0 heterocycles. The third kappa shape index (κ3) is 10.3. The fourth-order valence-electron chi connectivity index (χ4n) is 0.771. The lowest BCUT2D eigenvalue weighted by molar-refractivity contribution is -0.110. The van der Waals surface area contributed by atoms with Crippen LogP contribution in [0.25, 0.3) is 0 Å². The van der Waals surface area contributed by atoms with Gasteiger partial charge in [0.1, 0.15) is 0 Å². The summed E-state index contributed by atoms with van der Waals surface area (Å²) < 4.78 is 0. The lowest BCUT2D eigenvalue weighted by Crippen LogP contribution is -2.14. The molecule has 0 rings (SSSR count). The normalized spacial score (nSPS) is 10.4. The molecule has 0 saturated heterocycles. The zero-order valence-corrected chi connectivity index (χ0v) is 11.4. The van der Waals surface area contributed by atoms with Crippen molar-refractivity contribution in [1.82, 2.24) is 0 Å². The van der Waals surface area contributed by atoms with E-state index in [4.69, 9.17) is 0 Å². The van der Waals surface area contributed by atoms with E-state index in [1.165, 1.54) is 56.1 Å². The summed E-state index contributed by atoms with van der Waals surface area (Å²) in [5.41, 5.74) is 0. The van der Waals surface area contributed by atoms with Crippen LogP contribution in [-0.2, 0) is 14.4 Å². The molecule has 0 aromatic rings. The third-order valence-corrected chi connectivity index (χ3v) is 4.65. The molecule has 0 unspecified atom stereocenters. The number of hydrogen-bond donors (Lipinski definition) is 0. The van der Waals surface area contributed by atoms with Crippen molar-refractivity contribution in [2.45, 2.75) is 26.0 Å². The summed E-state index contributed by atoms with van der Waals surface area (Å²) in [4.78, 5) is 32.5. The highest BCUT2D eigenvalue weighted by molar-refractivity contribution is 8.18. The maximum atomic E-state index is 10.9. The van der Waals surface area contributed by atoms with Gasteiger partial charge in [0.05, 0.1) is 0 Å². The van der Waals surface area contributed by atoms with Crippen LogP contribution in [0.1, 0.15) is 20.8 Å². The zero-order valence-electron chi connectivity index (χ0n) is 8.94. The first-order chi connectivity index (χ1) is 6.91. The molecule has 0 aromatic heterocycles. The molecule has 0 N–H and O–H groups in total. The monoisotopic (exact) mass is 266 g/mol. The van der Waals surface area contributed by atoms with Crippen LogP contribution in [0.15, 0.2) is 0 Å². The second-order valence-corrected chi connectivity index (χ2v) is 6.71. The van der Waals surface area contributed by atoms with E-state index in [1.54, 1.807) is 0 Å². The molecule has 0 saturated carbocycles. The van der Waals surface area contributed by atoms with Crippen LogP contribution in [0.3, 0.4) is 0 Å². The topological polar surface area (TPSA) is 51.2 Å². The lowest BCUT2D eigenvalue weighted by Gasteiger charge is -2.11. The van der Waals surface area contributed by atoms with Crippen molar-refractivity contribution in [1.29, 1.82) is 0 Å². The van der Waals surface area contributed by atoms with E-state index in [1.807, 2.05) is 0 Å². The van der Waals surface area contributed by atoms with Gasteiger partial charge in [-0.2, -0.15) is 0 Å². The van der Waals surface area contributed by atoms with Gasteiger partial charge in [-0.15, -0.1) is 0 Å². The van der Waals surface area contributed by atoms with E-state index < -0.39 is 0 Å². The minimum Gasteiger partial charge on any atom is -0.288 e. The van der Waals surface area contributed by atoms with Crippen molar-refractivity contribution < 1.29 is 14.4 Å². The molecule has 0 radical (unpaired) electrons. The fraction of sp³-hybridized carbons (Fsp3) is 0.667. The van der Waals surface area contributed by atoms with Gasteiger partial charge in [-0.25, -0.2) is 0 Å². The SMILES string of the molecule is CC(=O)SCC(CSC(C)=O)SC(C)=O. The lowest BCUT2D eigenvalue weighted by atomic mass is 10.5. The summed E-state index contributed by atoms with van der Waals surface area (Å²) in [6, 6.07) is 0. The van der Waals surface area contributed by atoms with Gasteiger partial charge >= 0.3 is 0 Å². The Balaban J connectivity index is 3.99. The van der Waals surface area contributed by atoms with Gasteiger partial charge in [-0.1, -0.05) is 35.3 Å². The molecule has 0 aliphatic heterocycles.